The predicted octanol–water partition coefficient (Wildman–Crippen LogP) is 4.80. The second-order valence-corrected chi connectivity index (χ2v) is 8.66. The van der Waals surface area contributed by atoms with Crippen LogP contribution in [-0.2, 0) is 22.8 Å². The summed E-state index contributed by atoms with van der Waals surface area (Å²) in [6.45, 7) is 6.32. The van der Waals surface area contributed by atoms with Crippen molar-refractivity contribution >= 4 is 11.7 Å². The molecule has 162 valence electrons. The van der Waals surface area contributed by atoms with Gasteiger partial charge < -0.3 is 9.42 Å². The van der Waals surface area contributed by atoms with E-state index in [9.17, 15) is 22.8 Å². The van der Waals surface area contributed by atoms with Crippen LogP contribution in [-0.4, -0.2) is 34.3 Å². The number of carbonyl (C=O) groups is 2. The van der Waals surface area contributed by atoms with Gasteiger partial charge in [-0.3, -0.25) is 9.59 Å². The Morgan fingerprint density at radius 1 is 1.13 bits per heavy atom. The van der Waals surface area contributed by atoms with Crippen LogP contribution >= 0.6 is 0 Å². The number of nitrogens with zero attached hydrogens (tertiary/aromatic N) is 2. The van der Waals surface area contributed by atoms with Crippen molar-refractivity contribution < 1.29 is 27.3 Å². The van der Waals surface area contributed by atoms with Crippen molar-refractivity contribution in [3.05, 3.63) is 52.9 Å². The van der Waals surface area contributed by atoms with Crippen LogP contribution in [0.1, 0.15) is 67.4 Å². The molecule has 0 saturated carbocycles. The van der Waals surface area contributed by atoms with Crippen molar-refractivity contribution in [1.29, 1.82) is 0 Å². The monoisotopic (exact) mass is 422 g/mol. The molecule has 1 fully saturated rings. The normalized spacial score (nSPS) is 17.8. The first-order valence-corrected chi connectivity index (χ1v) is 9.94. The Kier molecular flexibility index (Phi) is 6.06. The topological polar surface area (TPSA) is 63.4 Å². The van der Waals surface area contributed by atoms with Crippen LogP contribution in [0.5, 0.6) is 0 Å². The van der Waals surface area contributed by atoms with Crippen molar-refractivity contribution in [2.45, 2.75) is 64.1 Å². The summed E-state index contributed by atoms with van der Waals surface area (Å²) in [5, 5.41) is 3.97. The third-order valence-corrected chi connectivity index (χ3v) is 5.25. The molecular formula is C22H25F3N2O3. The van der Waals surface area contributed by atoms with E-state index in [1.165, 1.54) is 4.90 Å². The first kappa shape index (κ1) is 22.1. The number of benzene rings is 1. The average molecular weight is 422 g/mol. The summed E-state index contributed by atoms with van der Waals surface area (Å²) in [6.07, 6.45) is -2.35. The van der Waals surface area contributed by atoms with E-state index in [1.807, 2.05) is 20.8 Å². The first-order valence-electron chi connectivity index (χ1n) is 9.94. The highest BCUT2D eigenvalue weighted by Crippen LogP contribution is 2.30. The molecule has 2 heterocycles. The fourth-order valence-corrected chi connectivity index (χ4v) is 3.52. The zero-order valence-electron chi connectivity index (χ0n) is 17.3. The number of piperidine rings is 1. The molecule has 5 nitrogen and oxygen atoms in total. The van der Waals surface area contributed by atoms with Gasteiger partial charge in [-0.2, -0.15) is 13.2 Å². The molecule has 1 aliphatic rings. The molecule has 3 rings (SSSR count). The summed E-state index contributed by atoms with van der Waals surface area (Å²) >= 11 is 0. The lowest BCUT2D eigenvalue weighted by Crippen LogP contribution is -2.48. The Labute approximate surface area is 173 Å². The maximum absolute atomic E-state index is 12.9. The Hall–Kier alpha value is -2.64. The molecule has 8 heteroatoms. The third kappa shape index (κ3) is 4.91. The highest BCUT2D eigenvalue weighted by Gasteiger charge is 2.34. The number of aromatic nitrogens is 1. The van der Waals surface area contributed by atoms with Crippen molar-refractivity contribution in [2.75, 3.05) is 6.54 Å². The molecule has 1 atom stereocenters. The quantitative estimate of drug-likeness (QED) is 0.710. The maximum atomic E-state index is 12.9. The van der Waals surface area contributed by atoms with Crippen molar-refractivity contribution in [3.63, 3.8) is 0 Å². The standard InChI is InChI=1S/C22H25F3N2O3/c1-21(2,3)19-13-16(26-30-19)12-18(28)17-6-4-5-11-27(17)20(29)14-7-9-15(10-8-14)22(23,24)25/h7-10,13,17H,4-6,11-12H2,1-3H3. The number of ketones is 1. The van der Waals surface area contributed by atoms with Gasteiger partial charge in [-0.05, 0) is 43.5 Å². The van der Waals surface area contributed by atoms with Crippen LogP contribution in [0.2, 0.25) is 0 Å². The van der Waals surface area contributed by atoms with Gasteiger partial charge in [0.05, 0.1) is 23.7 Å². The molecule has 1 aliphatic heterocycles. The zero-order chi connectivity index (χ0) is 22.1. The lowest BCUT2D eigenvalue weighted by Gasteiger charge is -2.34. The Bertz CT molecular complexity index is 911. The van der Waals surface area contributed by atoms with Gasteiger partial charge in [0, 0.05) is 23.6 Å². The minimum atomic E-state index is -4.46. The highest BCUT2D eigenvalue weighted by atomic mass is 19.4. The fraction of sp³-hybridized carbons (Fsp3) is 0.500. The third-order valence-electron chi connectivity index (χ3n) is 5.25. The molecule has 0 N–H and O–H groups in total. The number of hydrogen-bond acceptors (Lipinski definition) is 4. The van der Waals surface area contributed by atoms with Gasteiger partial charge in [0.25, 0.3) is 5.91 Å². The summed E-state index contributed by atoms with van der Waals surface area (Å²) in [7, 11) is 0. The van der Waals surface area contributed by atoms with E-state index in [1.54, 1.807) is 6.07 Å². The van der Waals surface area contributed by atoms with Gasteiger partial charge >= 0.3 is 6.18 Å². The fourth-order valence-electron chi connectivity index (χ4n) is 3.52. The van der Waals surface area contributed by atoms with Crippen molar-refractivity contribution in [3.8, 4) is 0 Å². The second kappa shape index (κ2) is 8.24. The number of Topliss-reactive ketones (excluding diaryl/α,β-unsaturated/α-hetero) is 1. The van der Waals surface area contributed by atoms with Crippen molar-refractivity contribution in [2.24, 2.45) is 0 Å². The summed E-state index contributed by atoms with van der Waals surface area (Å²) in [5.41, 5.74) is -0.397. The molecule has 1 aromatic heterocycles. The van der Waals surface area contributed by atoms with E-state index < -0.39 is 23.7 Å². The number of amides is 1. The zero-order valence-corrected chi connectivity index (χ0v) is 17.3. The Morgan fingerprint density at radius 2 is 1.80 bits per heavy atom. The Morgan fingerprint density at radius 3 is 2.37 bits per heavy atom. The summed E-state index contributed by atoms with van der Waals surface area (Å²) in [4.78, 5) is 27.3. The molecule has 1 aromatic carbocycles. The molecule has 0 spiro atoms. The molecule has 0 bridgehead atoms. The molecule has 0 radical (unpaired) electrons. The van der Waals surface area contributed by atoms with Gasteiger partial charge in [0.2, 0.25) is 0 Å². The van der Waals surface area contributed by atoms with E-state index >= 15 is 0 Å². The van der Waals surface area contributed by atoms with E-state index in [0.29, 0.717) is 24.4 Å². The van der Waals surface area contributed by atoms with Crippen LogP contribution in [0, 0.1) is 0 Å². The molecule has 1 amide bonds. The molecule has 0 aliphatic carbocycles. The molecule has 30 heavy (non-hydrogen) atoms. The van der Waals surface area contributed by atoms with Crippen molar-refractivity contribution in [1.82, 2.24) is 10.1 Å². The summed E-state index contributed by atoms with van der Waals surface area (Å²) in [5.74, 6) is 0.0904. The Balaban J connectivity index is 1.74. The van der Waals surface area contributed by atoms with Crippen LogP contribution in [0.25, 0.3) is 0 Å². The van der Waals surface area contributed by atoms with Gasteiger partial charge in [0.15, 0.2) is 5.78 Å². The predicted molar refractivity (Wildman–Crippen MR) is 104 cm³/mol. The number of likely N-dealkylation sites (tertiary alicyclic amines) is 1. The number of alkyl halides is 3. The summed E-state index contributed by atoms with van der Waals surface area (Å²) < 4.78 is 43.6. The van der Waals surface area contributed by atoms with Gasteiger partial charge in [-0.1, -0.05) is 25.9 Å². The van der Waals surface area contributed by atoms with Crippen LogP contribution in [0.4, 0.5) is 13.2 Å². The molecular weight excluding hydrogens is 397 g/mol. The average Bonchev–Trinajstić information content (AvgIpc) is 3.16. The molecule has 2 aromatic rings. The molecule has 1 saturated heterocycles. The number of halogens is 3. The van der Waals surface area contributed by atoms with Gasteiger partial charge in [-0.15, -0.1) is 0 Å². The van der Waals surface area contributed by atoms with Crippen LogP contribution < -0.4 is 0 Å². The second-order valence-electron chi connectivity index (χ2n) is 8.66. The minimum absolute atomic E-state index is 0.0427. The van der Waals surface area contributed by atoms with Crippen LogP contribution in [0.15, 0.2) is 34.9 Å². The minimum Gasteiger partial charge on any atom is -0.361 e. The summed E-state index contributed by atoms with van der Waals surface area (Å²) in [6, 6.07) is 5.23. The van der Waals surface area contributed by atoms with Crippen LogP contribution in [0.3, 0.4) is 0 Å². The lowest BCUT2D eigenvalue weighted by molar-refractivity contribution is -0.137. The smallest absolute Gasteiger partial charge is 0.361 e. The van der Waals surface area contributed by atoms with Gasteiger partial charge in [0.1, 0.15) is 5.76 Å². The van der Waals surface area contributed by atoms with E-state index in [-0.39, 0.29) is 23.2 Å². The maximum Gasteiger partial charge on any atom is 0.416 e. The molecule has 1 unspecified atom stereocenters. The number of rotatable bonds is 4. The van der Waals surface area contributed by atoms with Gasteiger partial charge in [-0.25, -0.2) is 0 Å². The van der Waals surface area contributed by atoms with E-state index in [4.69, 9.17) is 4.52 Å². The lowest BCUT2D eigenvalue weighted by atomic mass is 9.92. The van der Waals surface area contributed by atoms with E-state index in [2.05, 4.69) is 5.16 Å². The SMILES string of the molecule is CC(C)(C)c1cc(CC(=O)C2CCCCN2C(=O)c2ccc(C(F)(F)F)cc2)no1. The van der Waals surface area contributed by atoms with E-state index in [0.717, 1.165) is 37.1 Å². The first-order chi connectivity index (χ1) is 14.0. The highest BCUT2D eigenvalue weighted by molar-refractivity contribution is 5.98. The number of hydrogen-bond donors (Lipinski definition) is 0. The number of carbonyl (C=O) groups excluding carboxylic acids is 2. The largest absolute Gasteiger partial charge is 0.416 e.